The van der Waals surface area contributed by atoms with Crippen molar-refractivity contribution in [2.45, 2.75) is 0 Å². The van der Waals surface area contributed by atoms with Crippen molar-refractivity contribution in [2.75, 3.05) is 5.32 Å². The zero-order valence-corrected chi connectivity index (χ0v) is 11.4. The van der Waals surface area contributed by atoms with E-state index in [4.69, 9.17) is 0 Å². The van der Waals surface area contributed by atoms with E-state index in [-0.39, 0.29) is 17.4 Å². The molecule has 0 spiro atoms. The number of rotatable bonds is 3. The Balaban J connectivity index is 1.92. The number of halogens is 1. The van der Waals surface area contributed by atoms with Crippen LogP contribution < -0.4 is 5.32 Å². The summed E-state index contributed by atoms with van der Waals surface area (Å²) in [5.74, 6) is -0.701. The SMILES string of the molecule is O=C(Nc1cnccc1-c1ccc(F)cc1)c1cnccn1. The molecule has 0 atom stereocenters. The minimum atomic E-state index is -0.385. The van der Waals surface area contributed by atoms with Crippen molar-refractivity contribution in [2.24, 2.45) is 0 Å². The highest BCUT2D eigenvalue weighted by Gasteiger charge is 2.11. The molecule has 0 aliphatic carbocycles. The summed E-state index contributed by atoms with van der Waals surface area (Å²) in [5, 5.41) is 2.74. The first-order valence-electron chi connectivity index (χ1n) is 6.51. The largest absolute Gasteiger partial charge is 0.319 e. The van der Waals surface area contributed by atoms with E-state index in [1.54, 1.807) is 24.4 Å². The van der Waals surface area contributed by atoms with Gasteiger partial charge in [0.2, 0.25) is 0 Å². The van der Waals surface area contributed by atoms with Crippen molar-refractivity contribution in [1.82, 2.24) is 15.0 Å². The summed E-state index contributed by atoms with van der Waals surface area (Å²) in [7, 11) is 0. The van der Waals surface area contributed by atoms with E-state index in [0.29, 0.717) is 5.69 Å². The van der Waals surface area contributed by atoms with Gasteiger partial charge in [0.1, 0.15) is 11.5 Å². The molecule has 2 aromatic heterocycles. The third-order valence-electron chi connectivity index (χ3n) is 3.02. The summed E-state index contributed by atoms with van der Waals surface area (Å²) in [6, 6.07) is 7.76. The second-order valence-electron chi connectivity index (χ2n) is 4.47. The van der Waals surface area contributed by atoms with E-state index >= 15 is 0 Å². The predicted octanol–water partition coefficient (Wildman–Crippen LogP) is 2.93. The lowest BCUT2D eigenvalue weighted by Crippen LogP contribution is -2.14. The van der Waals surface area contributed by atoms with Gasteiger partial charge in [-0.25, -0.2) is 9.37 Å². The minimum absolute atomic E-state index is 0.205. The van der Waals surface area contributed by atoms with E-state index in [9.17, 15) is 9.18 Å². The van der Waals surface area contributed by atoms with E-state index in [2.05, 4.69) is 20.3 Å². The molecular weight excluding hydrogens is 283 g/mol. The number of hydrogen-bond donors (Lipinski definition) is 1. The summed E-state index contributed by atoms with van der Waals surface area (Å²) in [6.07, 6.45) is 7.46. The molecule has 22 heavy (non-hydrogen) atoms. The molecule has 0 aliphatic heterocycles. The Morgan fingerprint density at radius 2 is 1.73 bits per heavy atom. The van der Waals surface area contributed by atoms with E-state index in [1.807, 2.05) is 0 Å². The molecule has 0 radical (unpaired) electrons. The first-order valence-corrected chi connectivity index (χ1v) is 6.51. The fraction of sp³-hybridized carbons (Fsp3) is 0. The van der Waals surface area contributed by atoms with Gasteiger partial charge in [-0.2, -0.15) is 0 Å². The fourth-order valence-corrected chi connectivity index (χ4v) is 1.98. The van der Waals surface area contributed by atoms with Crippen molar-refractivity contribution in [3.63, 3.8) is 0 Å². The normalized spacial score (nSPS) is 10.2. The average Bonchev–Trinajstić information content (AvgIpc) is 2.57. The van der Waals surface area contributed by atoms with Crippen molar-refractivity contribution in [1.29, 1.82) is 0 Å². The van der Waals surface area contributed by atoms with Crippen LogP contribution in [-0.2, 0) is 0 Å². The van der Waals surface area contributed by atoms with Crippen molar-refractivity contribution >= 4 is 11.6 Å². The highest BCUT2D eigenvalue weighted by atomic mass is 19.1. The van der Waals surface area contributed by atoms with Crippen LogP contribution in [0.5, 0.6) is 0 Å². The van der Waals surface area contributed by atoms with Gasteiger partial charge in [-0.15, -0.1) is 0 Å². The number of anilines is 1. The first-order chi connectivity index (χ1) is 10.7. The number of carbonyl (C=O) groups is 1. The summed E-state index contributed by atoms with van der Waals surface area (Å²) in [4.78, 5) is 24.0. The van der Waals surface area contributed by atoms with Gasteiger partial charge in [0.05, 0.1) is 18.1 Å². The van der Waals surface area contributed by atoms with Gasteiger partial charge in [-0.1, -0.05) is 12.1 Å². The number of aromatic nitrogens is 3. The molecule has 0 unspecified atom stereocenters. The quantitative estimate of drug-likeness (QED) is 0.806. The second kappa shape index (κ2) is 6.09. The van der Waals surface area contributed by atoms with Crippen LogP contribution in [0.2, 0.25) is 0 Å². The lowest BCUT2D eigenvalue weighted by Gasteiger charge is -2.10. The highest BCUT2D eigenvalue weighted by molar-refractivity contribution is 6.04. The zero-order chi connectivity index (χ0) is 15.4. The minimum Gasteiger partial charge on any atom is -0.319 e. The van der Waals surface area contributed by atoms with Gasteiger partial charge >= 0.3 is 0 Å². The maximum atomic E-state index is 13.0. The Morgan fingerprint density at radius 1 is 0.955 bits per heavy atom. The molecule has 1 N–H and O–H groups in total. The third kappa shape index (κ3) is 2.95. The predicted molar refractivity (Wildman–Crippen MR) is 79.6 cm³/mol. The molecule has 3 rings (SSSR count). The monoisotopic (exact) mass is 294 g/mol. The molecule has 0 fully saturated rings. The molecule has 0 saturated heterocycles. The molecule has 1 aromatic carbocycles. The Kier molecular flexibility index (Phi) is 3.82. The van der Waals surface area contributed by atoms with Crippen LogP contribution in [0.15, 0.2) is 61.3 Å². The van der Waals surface area contributed by atoms with Gasteiger partial charge in [-0.05, 0) is 23.8 Å². The van der Waals surface area contributed by atoms with Gasteiger partial charge in [0.15, 0.2) is 0 Å². The molecule has 5 nitrogen and oxygen atoms in total. The average molecular weight is 294 g/mol. The van der Waals surface area contributed by atoms with Gasteiger partial charge < -0.3 is 5.32 Å². The van der Waals surface area contributed by atoms with Crippen molar-refractivity contribution in [3.05, 3.63) is 72.8 Å². The Morgan fingerprint density at radius 3 is 2.45 bits per heavy atom. The molecule has 0 aliphatic rings. The van der Waals surface area contributed by atoms with Crippen LogP contribution in [-0.4, -0.2) is 20.9 Å². The van der Waals surface area contributed by atoms with Crippen molar-refractivity contribution in [3.8, 4) is 11.1 Å². The van der Waals surface area contributed by atoms with Gasteiger partial charge in [0.25, 0.3) is 5.91 Å². The van der Waals surface area contributed by atoms with Crippen LogP contribution in [0.3, 0.4) is 0 Å². The van der Waals surface area contributed by atoms with E-state index < -0.39 is 0 Å². The lowest BCUT2D eigenvalue weighted by molar-refractivity contribution is 0.102. The standard InChI is InChI=1S/C16H11FN4O/c17-12-3-1-11(2-4-12)13-5-6-18-9-14(13)21-16(22)15-10-19-7-8-20-15/h1-10H,(H,21,22). The zero-order valence-electron chi connectivity index (χ0n) is 11.4. The summed E-state index contributed by atoms with van der Waals surface area (Å²) >= 11 is 0. The summed E-state index contributed by atoms with van der Waals surface area (Å²) < 4.78 is 13.0. The molecule has 2 heterocycles. The van der Waals surface area contributed by atoms with Crippen molar-refractivity contribution < 1.29 is 9.18 Å². The smallest absolute Gasteiger partial charge is 0.275 e. The van der Waals surface area contributed by atoms with E-state index in [1.165, 1.54) is 36.9 Å². The molecule has 0 saturated carbocycles. The van der Waals surface area contributed by atoms with Gasteiger partial charge in [0, 0.05) is 24.2 Å². The van der Waals surface area contributed by atoms with Crippen LogP contribution in [0, 0.1) is 5.82 Å². The van der Waals surface area contributed by atoms with Crippen LogP contribution in [0.4, 0.5) is 10.1 Å². The van der Waals surface area contributed by atoms with E-state index in [0.717, 1.165) is 11.1 Å². The Labute approximate surface area is 125 Å². The number of pyridine rings is 1. The third-order valence-corrected chi connectivity index (χ3v) is 3.02. The Hall–Kier alpha value is -3.15. The van der Waals surface area contributed by atoms with Crippen LogP contribution in [0.1, 0.15) is 10.5 Å². The molecule has 1 amide bonds. The number of benzene rings is 1. The summed E-state index contributed by atoms with van der Waals surface area (Å²) in [6.45, 7) is 0. The van der Waals surface area contributed by atoms with Gasteiger partial charge in [-0.3, -0.25) is 14.8 Å². The first kappa shape index (κ1) is 13.8. The second-order valence-corrected chi connectivity index (χ2v) is 4.47. The number of amides is 1. The molecule has 6 heteroatoms. The molecule has 3 aromatic rings. The maximum Gasteiger partial charge on any atom is 0.275 e. The highest BCUT2D eigenvalue weighted by Crippen LogP contribution is 2.27. The number of carbonyl (C=O) groups excluding carboxylic acids is 1. The Bertz CT molecular complexity index is 791. The number of nitrogens with zero attached hydrogens (tertiary/aromatic N) is 3. The van der Waals surface area contributed by atoms with Crippen LogP contribution >= 0.6 is 0 Å². The molecule has 0 bridgehead atoms. The number of hydrogen-bond acceptors (Lipinski definition) is 4. The molecule has 108 valence electrons. The maximum absolute atomic E-state index is 13.0. The lowest BCUT2D eigenvalue weighted by atomic mass is 10.1. The summed E-state index contributed by atoms with van der Waals surface area (Å²) in [5.41, 5.74) is 2.24. The topological polar surface area (TPSA) is 67.8 Å². The van der Waals surface area contributed by atoms with Crippen LogP contribution in [0.25, 0.3) is 11.1 Å². The fourth-order valence-electron chi connectivity index (χ4n) is 1.98. The molecular formula is C16H11FN4O. The number of nitrogens with one attached hydrogen (secondary N) is 1.